The molecule has 3 rings (SSSR count). The second kappa shape index (κ2) is 8.46. The van der Waals surface area contributed by atoms with Crippen LogP contribution >= 0.6 is 11.6 Å². The van der Waals surface area contributed by atoms with E-state index in [1.54, 1.807) is 49.6 Å². The monoisotopic (exact) mass is 386 g/mol. The molecule has 0 fully saturated rings. The van der Waals surface area contributed by atoms with Crippen molar-refractivity contribution < 1.29 is 13.9 Å². The van der Waals surface area contributed by atoms with Crippen LogP contribution in [0.2, 0.25) is 5.02 Å². The standard InChI is InChI=1S/C19H16ClFN4O2/c1-27-16-6-5-14(11-15(16)20)22-17-7-8-18(25-24-17)23-19(26)10-12-3-2-4-13(21)9-12/h2-9,11H,10H2,1H3,(H,22,24)(H,23,25,26). The molecule has 2 N–H and O–H groups in total. The average molecular weight is 387 g/mol. The zero-order valence-electron chi connectivity index (χ0n) is 14.4. The molecule has 0 aliphatic heterocycles. The third kappa shape index (κ3) is 5.15. The van der Waals surface area contributed by atoms with Gasteiger partial charge in [-0.15, -0.1) is 10.2 Å². The Kier molecular flexibility index (Phi) is 5.83. The van der Waals surface area contributed by atoms with Gasteiger partial charge in [0.25, 0.3) is 0 Å². The zero-order valence-corrected chi connectivity index (χ0v) is 15.1. The van der Waals surface area contributed by atoms with Crippen molar-refractivity contribution in [2.45, 2.75) is 6.42 Å². The molecule has 1 heterocycles. The summed E-state index contributed by atoms with van der Waals surface area (Å²) in [5, 5.41) is 14.1. The molecule has 27 heavy (non-hydrogen) atoms. The number of anilines is 3. The molecule has 138 valence electrons. The van der Waals surface area contributed by atoms with Crippen LogP contribution in [0.25, 0.3) is 0 Å². The Labute approximate surface area is 160 Å². The fourth-order valence-corrected chi connectivity index (χ4v) is 2.63. The smallest absolute Gasteiger partial charge is 0.229 e. The van der Waals surface area contributed by atoms with E-state index in [9.17, 15) is 9.18 Å². The Morgan fingerprint density at radius 3 is 2.56 bits per heavy atom. The van der Waals surface area contributed by atoms with Crippen molar-refractivity contribution in [3.05, 3.63) is 71.0 Å². The number of carbonyl (C=O) groups excluding carboxylic acids is 1. The molecule has 1 amide bonds. The molecule has 0 spiro atoms. The Morgan fingerprint density at radius 2 is 1.89 bits per heavy atom. The number of hydrogen-bond acceptors (Lipinski definition) is 5. The number of benzene rings is 2. The Balaban J connectivity index is 1.60. The summed E-state index contributed by atoms with van der Waals surface area (Å²) >= 11 is 6.08. The average Bonchev–Trinajstić information content (AvgIpc) is 2.63. The van der Waals surface area contributed by atoms with Gasteiger partial charge in [0.15, 0.2) is 11.6 Å². The van der Waals surface area contributed by atoms with Gasteiger partial charge in [0.05, 0.1) is 18.6 Å². The highest BCUT2D eigenvalue weighted by atomic mass is 35.5. The van der Waals surface area contributed by atoms with Crippen LogP contribution in [0.15, 0.2) is 54.6 Å². The van der Waals surface area contributed by atoms with Crippen molar-refractivity contribution in [2.24, 2.45) is 0 Å². The van der Waals surface area contributed by atoms with Crippen molar-refractivity contribution in [2.75, 3.05) is 17.7 Å². The lowest BCUT2D eigenvalue weighted by atomic mass is 10.1. The maximum Gasteiger partial charge on any atom is 0.229 e. The van der Waals surface area contributed by atoms with E-state index in [4.69, 9.17) is 16.3 Å². The van der Waals surface area contributed by atoms with E-state index >= 15 is 0 Å². The van der Waals surface area contributed by atoms with Crippen LogP contribution in [0.1, 0.15) is 5.56 Å². The van der Waals surface area contributed by atoms with E-state index in [0.717, 1.165) is 5.69 Å². The van der Waals surface area contributed by atoms with Crippen LogP contribution in [0, 0.1) is 5.82 Å². The molecule has 0 bridgehead atoms. The van der Waals surface area contributed by atoms with Crippen molar-refractivity contribution in [1.29, 1.82) is 0 Å². The highest BCUT2D eigenvalue weighted by Gasteiger charge is 2.07. The molecule has 0 aliphatic carbocycles. The number of nitrogens with one attached hydrogen (secondary N) is 2. The van der Waals surface area contributed by atoms with Gasteiger partial charge in [-0.2, -0.15) is 0 Å². The molecule has 0 saturated heterocycles. The van der Waals surface area contributed by atoms with E-state index in [0.29, 0.717) is 28.0 Å². The van der Waals surface area contributed by atoms with Gasteiger partial charge in [-0.25, -0.2) is 4.39 Å². The lowest BCUT2D eigenvalue weighted by molar-refractivity contribution is -0.115. The summed E-state index contributed by atoms with van der Waals surface area (Å²) in [6.45, 7) is 0. The van der Waals surface area contributed by atoms with Gasteiger partial charge in [-0.3, -0.25) is 4.79 Å². The normalized spacial score (nSPS) is 10.3. The summed E-state index contributed by atoms with van der Waals surface area (Å²) in [5.41, 5.74) is 1.30. The summed E-state index contributed by atoms with van der Waals surface area (Å²) < 4.78 is 18.3. The molecule has 0 atom stereocenters. The lowest BCUT2D eigenvalue weighted by Gasteiger charge is -2.09. The third-order valence-corrected chi connectivity index (χ3v) is 3.91. The summed E-state index contributed by atoms with van der Waals surface area (Å²) in [6.07, 6.45) is 0.0454. The summed E-state index contributed by atoms with van der Waals surface area (Å²) in [6, 6.07) is 14.4. The van der Waals surface area contributed by atoms with E-state index in [1.165, 1.54) is 12.1 Å². The summed E-state index contributed by atoms with van der Waals surface area (Å²) in [7, 11) is 1.54. The number of aromatic nitrogens is 2. The fourth-order valence-electron chi connectivity index (χ4n) is 2.38. The number of hydrogen-bond donors (Lipinski definition) is 2. The van der Waals surface area contributed by atoms with Crippen LogP contribution in [0.3, 0.4) is 0 Å². The summed E-state index contributed by atoms with van der Waals surface area (Å²) in [4.78, 5) is 12.0. The largest absolute Gasteiger partial charge is 0.495 e. The number of rotatable bonds is 6. The molecule has 1 aromatic heterocycles. The number of halogens is 2. The molecule has 2 aromatic carbocycles. The molecule has 3 aromatic rings. The second-order valence-electron chi connectivity index (χ2n) is 5.63. The van der Waals surface area contributed by atoms with Gasteiger partial charge in [0, 0.05) is 5.69 Å². The van der Waals surface area contributed by atoms with Crippen molar-refractivity contribution in [1.82, 2.24) is 10.2 Å². The summed E-state index contributed by atoms with van der Waals surface area (Å²) in [5.74, 6) is 0.672. The van der Waals surface area contributed by atoms with Crippen molar-refractivity contribution in [3.63, 3.8) is 0 Å². The van der Waals surface area contributed by atoms with Gasteiger partial charge >= 0.3 is 0 Å². The fraction of sp³-hybridized carbons (Fsp3) is 0.105. The molecule has 6 nitrogen and oxygen atoms in total. The number of nitrogens with zero attached hydrogens (tertiary/aromatic N) is 2. The molecular weight excluding hydrogens is 371 g/mol. The number of methoxy groups -OCH3 is 1. The van der Waals surface area contributed by atoms with Crippen LogP contribution in [-0.4, -0.2) is 23.2 Å². The Morgan fingerprint density at radius 1 is 1.11 bits per heavy atom. The van der Waals surface area contributed by atoms with E-state index in [1.807, 2.05) is 0 Å². The zero-order chi connectivity index (χ0) is 19.2. The van der Waals surface area contributed by atoms with E-state index < -0.39 is 0 Å². The molecule has 0 radical (unpaired) electrons. The van der Waals surface area contributed by atoms with E-state index in [2.05, 4.69) is 20.8 Å². The van der Waals surface area contributed by atoms with Crippen LogP contribution < -0.4 is 15.4 Å². The van der Waals surface area contributed by atoms with Crippen LogP contribution in [-0.2, 0) is 11.2 Å². The highest BCUT2D eigenvalue weighted by molar-refractivity contribution is 6.32. The maximum absolute atomic E-state index is 13.2. The van der Waals surface area contributed by atoms with E-state index in [-0.39, 0.29) is 18.1 Å². The van der Waals surface area contributed by atoms with Crippen LogP contribution in [0.4, 0.5) is 21.7 Å². The van der Waals surface area contributed by atoms with Gasteiger partial charge in [0.1, 0.15) is 11.6 Å². The first kappa shape index (κ1) is 18.6. The van der Waals surface area contributed by atoms with Gasteiger partial charge in [-0.05, 0) is 48.0 Å². The first-order valence-electron chi connectivity index (χ1n) is 8.02. The minimum atomic E-state index is -0.380. The predicted octanol–water partition coefficient (Wildman–Crippen LogP) is 4.20. The first-order chi connectivity index (χ1) is 13.0. The second-order valence-corrected chi connectivity index (χ2v) is 6.04. The topological polar surface area (TPSA) is 76.1 Å². The molecular formula is C19H16ClFN4O2. The highest BCUT2D eigenvalue weighted by Crippen LogP contribution is 2.28. The molecule has 8 heteroatoms. The minimum Gasteiger partial charge on any atom is -0.495 e. The minimum absolute atomic E-state index is 0.0454. The van der Waals surface area contributed by atoms with Gasteiger partial charge < -0.3 is 15.4 Å². The van der Waals surface area contributed by atoms with Crippen molar-refractivity contribution >= 4 is 34.8 Å². The number of carbonyl (C=O) groups is 1. The predicted molar refractivity (Wildman–Crippen MR) is 102 cm³/mol. The lowest BCUT2D eigenvalue weighted by Crippen LogP contribution is -2.15. The van der Waals surface area contributed by atoms with Crippen LogP contribution in [0.5, 0.6) is 5.75 Å². The molecule has 0 aliphatic rings. The maximum atomic E-state index is 13.2. The Bertz CT molecular complexity index is 951. The SMILES string of the molecule is COc1ccc(Nc2ccc(NC(=O)Cc3cccc(F)c3)nn2)cc1Cl. The molecule has 0 saturated carbocycles. The molecule has 0 unspecified atom stereocenters. The number of amides is 1. The van der Waals surface area contributed by atoms with Crippen molar-refractivity contribution in [3.8, 4) is 5.75 Å². The first-order valence-corrected chi connectivity index (χ1v) is 8.40. The third-order valence-electron chi connectivity index (χ3n) is 3.61. The number of ether oxygens (including phenoxy) is 1. The van der Waals surface area contributed by atoms with Gasteiger partial charge in [0.2, 0.25) is 5.91 Å². The Hall–Kier alpha value is -3.19. The van der Waals surface area contributed by atoms with Gasteiger partial charge in [-0.1, -0.05) is 23.7 Å². The quantitative estimate of drug-likeness (QED) is 0.664.